The first-order chi connectivity index (χ1) is 11.7. The van der Waals surface area contributed by atoms with Crippen LogP contribution >= 0.6 is 0 Å². The smallest absolute Gasteiger partial charge is 0.253 e. The molecule has 1 N–H and O–H groups in total. The molecular formula is C19H21FN2O2. The molecule has 24 heavy (non-hydrogen) atoms. The second-order valence-corrected chi connectivity index (χ2v) is 5.92. The van der Waals surface area contributed by atoms with E-state index in [1.807, 2.05) is 24.3 Å². The van der Waals surface area contributed by atoms with E-state index in [9.17, 15) is 9.18 Å². The van der Waals surface area contributed by atoms with Crippen LogP contribution in [0.15, 0.2) is 48.5 Å². The molecule has 0 bridgehead atoms. The van der Waals surface area contributed by atoms with Gasteiger partial charge in [0.05, 0.1) is 12.8 Å². The summed E-state index contributed by atoms with van der Waals surface area (Å²) in [4.78, 5) is 14.2. The summed E-state index contributed by atoms with van der Waals surface area (Å²) in [7, 11) is 1.65. The third-order valence-corrected chi connectivity index (χ3v) is 4.32. The minimum Gasteiger partial charge on any atom is -0.495 e. The Kier molecular flexibility index (Phi) is 4.99. The molecule has 5 heteroatoms. The van der Waals surface area contributed by atoms with Crippen molar-refractivity contribution in [1.82, 2.24) is 4.90 Å². The highest BCUT2D eigenvalue weighted by molar-refractivity contribution is 5.94. The number of carbonyl (C=O) groups is 1. The summed E-state index contributed by atoms with van der Waals surface area (Å²) in [6.07, 6.45) is 1.69. The van der Waals surface area contributed by atoms with Gasteiger partial charge < -0.3 is 15.0 Å². The molecule has 0 aromatic heterocycles. The first kappa shape index (κ1) is 16.3. The van der Waals surface area contributed by atoms with Crippen LogP contribution in [0.1, 0.15) is 23.2 Å². The van der Waals surface area contributed by atoms with Gasteiger partial charge in [0.25, 0.3) is 5.91 Å². The van der Waals surface area contributed by atoms with Gasteiger partial charge in [-0.15, -0.1) is 0 Å². The Balaban J connectivity index is 1.58. The Labute approximate surface area is 141 Å². The quantitative estimate of drug-likeness (QED) is 0.933. The number of nitrogens with one attached hydrogen (secondary N) is 1. The number of amides is 1. The van der Waals surface area contributed by atoms with Crippen LogP contribution in [0.3, 0.4) is 0 Å². The lowest BCUT2D eigenvalue weighted by molar-refractivity contribution is 0.0718. The van der Waals surface area contributed by atoms with Gasteiger partial charge in [-0.05, 0) is 43.2 Å². The van der Waals surface area contributed by atoms with Crippen LogP contribution in [0.5, 0.6) is 5.75 Å². The number of hydrogen-bond acceptors (Lipinski definition) is 3. The number of carbonyl (C=O) groups excluding carboxylic acids is 1. The van der Waals surface area contributed by atoms with Gasteiger partial charge in [-0.1, -0.05) is 18.2 Å². The molecule has 0 atom stereocenters. The number of ether oxygens (including phenoxy) is 1. The van der Waals surface area contributed by atoms with Crippen molar-refractivity contribution < 1.29 is 13.9 Å². The van der Waals surface area contributed by atoms with Crippen LogP contribution in [0.4, 0.5) is 10.1 Å². The summed E-state index contributed by atoms with van der Waals surface area (Å²) < 4.78 is 18.6. The van der Waals surface area contributed by atoms with Crippen molar-refractivity contribution in [2.45, 2.75) is 18.9 Å². The minimum absolute atomic E-state index is 0.106. The fraction of sp³-hybridized carbons (Fsp3) is 0.316. The van der Waals surface area contributed by atoms with Crippen LogP contribution < -0.4 is 10.1 Å². The molecule has 0 saturated carbocycles. The Hall–Kier alpha value is -2.56. The molecule has 3 rings (SSSR count). The van der Waals surface area contributed by atoms with E-state index in [1.165, 1.54) is 12.1 Å². The maximum absolute atomic E-state index is 13.3. The van der Waals surface area contributed by atoms with E-state index in [0.717, 1.165) is 24.3 Å². The number of halogens is 1. The summed E-state index contributed by atoms with van der Waals surface area (Å²) in [5, 5.41) is 3.49. The first-order valence-corrected chi connectivity index (χ1v) is 8.12. The minimum atomic E-state index is -0.381. The van der Waals surface area contributed by atoms with Gasteiger partial charge in [0.1, 0.15) is 11.6 Å². The molecule has 0 radical (unpaired) electrons. The first-order valence-electron chi connectivity index (χ1n) is 8.12. The van der Waals surface area contributed by atoms with Crippen LogP contribution in [0.2, 0.25) is 0 Å². The average molecular weight is 328 g/mol. The number of methoxy groups -OCH3 is 1. The van der Waals surface area contributed by atoms with Crippen molar-refractivity contribution in [3.63, 3.8) is 0 Å². The lowest BCUT2D eigenvalue weighted by Crippen LogP contribution is -2.42. The Bertz CT molecular complexity index is 712. The van der Waals surface area contributed by atoms with Crippen molar-refractivity contribution in [3.05, 3.63) is 59.9 Å². The summed E-state index contributed by atoms with van der Waals surface area (Å²) in [5.74, 6) is 0.328. The molecular weight excluding hydrogens is 307 g/mol. The number of hydrogen-bond donors (Lipinski definition) is 1. The van der Waals surface area contributed by atoms with Crippen molar-refractivity contribution in [2.75, 3.05) is 25.5 Å². The number of piperidine rings is 1. The number of anilines is 1. The molecule has 2 aromatic carbocycles. The molecule has 1 heterocycles. The van der Waals surface area contributed by atoms with Crippen LogP contribution in [0, 0.1) is 5.82 Å². The summed E-state index contributed by atoms with van der Waals surface area (Å²) in [5.41, 5.74) is 1.38. The molecule has 4 nitrogen and oxygen atoms in total. The number of rotatable bonds is 4. The fourth-order valence-electron chi connectivity index (χ4n) is 3.01. The zero-order valence-electron chi connectivity index (χ0n) is 13.7. The second kappa shape index (κ2) is 7.34. The number of nitrogens with zero attached hydrogens (tertiary/aromatic N) is 1. The number of likely N-dealkylation sites (tertiary alicyclic amines) is 1. The third kappa shape index (κ3) is 3.67. The van der Waals surface area contributed by atoms with E-state index in [0.29, 0.717) is 18.7 Å². The Morgan fingerprint density at radius 2 is 1.92 bits per heavy atom. The molecule has 0 spiro atoms. The molecule has 0 aliphatic carbocycles. The van der Waals surface area contributed by atoms with Crippen LogP contribution in [-0.4, -0.2) is 37.0 Å². The molecule has 1 fully saturated rings. The van der Waals surface area contributed by atoms with E-state index < -0.39 is 0 Å². The fourth-order valence-corrected chi connectivity index (χ4v) is 3.01. The third-order valence-electron chi connectivity index (χ3n) is 4.32. The van der Waals surface area contributed by atoms with Crippen molar-refractivity contribution in [2.24, 2.45) is 0 Å². The SMILES string of the molecule is COc1ccccc1NC1CCN(C(=O)c2cccc(F)c2)CC1. The standard InChI is InChI=1S/C19H21FN2O2/c1-24-18-8-3-2-7-17(18)21-16-9-11-22(12-10-16)19(23)14-5-4-6-15(20)13-14/h2-8,13,16,21H,9-12H2,1H3. The number of para-hydroxylation sites is 2. The topological polar surface area (TPSA) is 41.6 Å². The van der Waals surface area contributed by atoms with Gasteiger partial charge >= 0.3 is 0 Å². The zero-order chi connectivity index (χ0) is 16.9. The van der Waals surface area contributed by atoms with E-state index in [2.05, 4.69) is 5.32 Å². The van der Waals surface area contributed by atoms with Gasteiger partial charge in [0.15, 0.2) is 0 Å². The monoisotopic (exact) mass is 328 g/mol. The highest BCUT2D eigenvalue weighted by Crippen LogP contribution is 2.26. The van der Waals surface area contributed by atoms with Crippen molar-refractivity contribution in [3.8, 4) is 5.75 Å². The van der Waals surface area contributed by atoms with Gasteiger partial charge in [-0.3, -0.25) is 4.79 Å². The van der Waals surface area contributed by atoms with Gasteiger partial charge in [-0.25, -0.2) is 4.39 Å². The normalized spacial score (nSPS) is 15.2. The summed E-state index contributed by atoms with van der Waals surface area (Å²) in [6, 6.07) is 14.0. The Morgan fingerprint density at radius 3 is 2.62 bits per heavy atom. The number of benzene rings is 2. The highest BCUT2D eigenvalue weighted by Gasteiger charge is 2.24. The average Bonchev–Trinajstić information content (AvgIpc) is 2.62. The lowest BCUT2D eigenvalue weighted by atomic mass is 10.0. The maximum atomic E-state index is 13.3. The largest absolute Gasteiger partial charge is 0.495 e. The molecule has 1 aliphatic heterocycles. The van der Waals surface area contributed by atoms with E-state index in [1.54, 1.807) is 24.1 Å². The predicted octanol–water partition coefficient (Wildman–Crippen LogP) is 3.55. The second-order valence-electron chi connectivity index (χ2n) is 5.92. The van der Waals surface area contributed by atoms with E-state index in [4.69, 9.17) is 4.74 Å². The highest BCUT2D eigenvalue weighted by atomic mass is 19.1. The van der Waals surface area contributed by atoms with Crippen LogP contribution in [0.25, 0.3) is 0 Å². The molecule has 1 saturated heterocycles. The molecule has 126 valence electrons. The van der Waals surface area contributed by atoms with E-state index in [-0.39, 0.29) is 17.8 Å². The zero-order valence-corrected chi connectivity index (χ0v) is 13.7. The molecule has 0 unspecified atom stereocenters. The predicted molar refractivity (Wildman–Crippen MR) is 91.9 cm³/mol. The van der Waals surface area contributed by atoms with E-state index >= 15 is 0 Å². The maximum Gasteiger partial charge on any atom is 0.253 e. The molecule has 1 aliphatic rings. The van der Waals surface area contributed by atoms with Gasteiger partial charge in [0.2, 0.25) is 0 Å². The molecule has 2 aromatic rings. The van der Waals surface area contributed by atoms with Crippen LogP contribution in [-0.2, 0) is 0 Å². The van der Waals surface area contributed by atoms with Crippen molar-refractivity contribution >= 4 is 11.6 Å². The van der Waals surface area contributed by atoms with Crippen molar-refractivity contribution in [1.29, 1.82) is 0 Å². The van der Waals surface area contributed by atoms with Gasteiger partial charge in [-0.2, -0.15) is 0 Å². The molecule has 1 amide bonds. The van der Waals surface area contributed by atoms with Gasteiger partial charge in [0, 0.05) is 24.7 Å². The lowest BCUT2D eigenvalue weighted by Gasteiger charge is -2.33. The Morgan fingerprint density at radius 1 is 1.17 bits per heavy atom. The summed E-state index contributed by atoms with van der Waals surface area (Å²) >= 11 is 0. The summed E-state index contributed by atoms with van der Waals surface area (Å²) in [6.45, 7) is 1.31.